The van der Waals surface area contributed by atoms with Gasteiger partial charge in [-0.3, -0.25) is 14.4 Å². The number of imide groups is 1. The molecule has 2 heterocycles. The van der Waals surface area contributed by atoms with E-state index in [-0.39, 0.29) is 35.6 Å². The fourth-order valence-corrected chi connectivity index (χ4v) is 6.07. The lowest BCUT2D eigenvalue weighted by molar-refractivity contribution is 0.0914. The molecule has 1 aliphatic heterocycles. The largest absolute Gasteiger partial charge is 0.349 e. The molecule has 0 radical (unpaired) electrons. The molecule has 3 aliphatic rings. The molecule has 3 aromatic rings. The molecular formula is C26H24ClN5O3. The van der Waals surface area contributed by atoms with E-state index in [0.29, 0.717) is 39.5 Å². The van der Waals surface area contributed by atoms with Gasteiger partial charge in [0.1, 0.15) is 0 Å². The number of nitrogens with zero attached hydrogens (tertiary/aromatic N) is 4. The molecule has 1 N–H and O–H groups in total. The molecule has 0 spiro atoms. The number of hydrogen-bond acceptors (Lipinski definition) is 5. The molecule has 0 saturated heterocycles. The van der Waals surface area contributed by atoms with Gasteiger partial charge in [0, 0.05) is 16.6 Å². The van der Waals surface area contributed by atoms with E-state index in [1.165, 1.54) is 0 Å². The summed E-state index contributed by atoms with van der Waals surface area (Å²) in [5.74, 6) is 0.937. The van der Waals surface area contributed by atoms with Crippen molar-refractivity contribution >= 4 is 35.1 Å². The highest BCUT2D eigenvalue weighted by Gasteiger charge is 2.59. The van der Waals surface area contributed by atoms with Gasteiger partial charge in [-0.2, -0.15) is 0 Å². The van der Waals surface area contributed by atoms with Gasteiger partial charge in [0.2, 0.25) is 0 Å². The predicted molar refractivity (Wildman–Crippen MR) is 129 cm³/mol. The monoisotopic (exact) mass is 489 g/mol. The molecule has 3 unspecified atom stereocenters. The van der Waals surface area contributed by atoms with Gasteiger partial charge >= 0.3 is 0 Å². The molecule has 1 aromatic heterocycles. The lowest BCUT2D eigenvalue weighted by Crippen LogP contribution is -2.37. The number of benzene rings is 2. The third kappa shape index (κ3) is 3.63. The molecule has 2 aliphatic carbocycles. The highest BCUT2D eigenvalue weighted by Crippen LogP contribution is 2.62. The number of halogens is 1. The van der Waals surface area contributed by atoms with Crippen LogP contribution in [0.4, 0.5) is 5.82 Å². The summed E-state index contributed by atoms with van der Waals surface area (Å²) in [6, 6.07) is 14.0. The summed E-state index contributed by atoms with van der Waals surface area (Å²) >= 11 is 5.93. The molecule has 5 atom stereocenters. The molecule has 8 nitrogen and oxygen atoms in total. The Morgan fingerprint density at radius 2 is 1.69 bits per heavy atom. The molecule has 178 valence electrons. The van der Waals surface area contributed by atoms with Gasteiger partial charge in [-0.1, -0.05) is 35.9 Å². The first-order valence-electron chi connectivity index (χ1n) is 11.9. The molecule has 35 heavy (non-hydrogen) atoms. The fraction of sp³-hybridized carbons (Fsp3) is 0.346. The standard InChI is InChI=1S/C26H24ClN5O3/c1-2-21(28-24(33)14-7-9-15(27)10-8-14)23-19-11-16(12-20(19)23)31-13-22(29-30-31)32-25(34)17-5-3-4-6-18(17)26(32)35/h3-10,13,16,19-21,23H,2,11-12H2,1H3,(H,28,33)/t16?,19-,20+,21?,23?. The molecule has 3 amide bonds. The highest BCUT2D eigenvalue weighted by molar-refractivity contribution is 6.34. The van der Waals surface area contributed by atoms with Crippen LogP contribution in [-0.4, -0.2) is 38.8 Å². The second kappa shape index (κ2) is 8.30. The average Bonchev–Trinajstić information content (AvgIpc) is 3.22. The van der Waals surface area contributed by atoms with Crippen LogP contribution in [0, 0.1) is 17.8 Å². The van der Waals surface area contributed by atoms with Crippen molar-refractivity contribution < 1.29 is 14.4 Å². The number of carbonyl (C=O) groups excluding carboxylic acids is 3. The number of hydrogen-bond donors (Lipinski definition) is 1. The number of anilines is 1. The lowest BCUT2D eigenvalue weighted by atomic mass is 9.99. The van der Waals surface area contributed by atoms with E-state index in [1.54, 1.807) is 59.4 Å². The summed E-state index contributed by atoms with van der Waals surface area (Å²) in [6.07, 6.45) is 4.45. The smallest absolute Gasteiger partial charge is 0.267 e. The zero-order valence-electron chi connectivity index (χ0n) is 19.1. The van der Waals surface area contributed by atoms with Crippen LogP contribution in [0.2, 0.25) is 5.02 Å². The summed E-state index contributed by atoms with van der Waals surface area (Å²) in [5, 5.41) is 12.2. The SMILES string of the molecule is CCC(NC(=O)c1ccc(Cl)cc1)C1[C@H]2CC(n3cc(N4C(=O)c5ccccc5C4=O)nn3)C[C@@H]12. The number of carbonyl (C=O) groups is 3. The zero-order valence-corrected chi connectivity index (χ0v) is 19.9. The van der Waals surface area contributed by atoms with Crippen LogP contribution in [0.1, 0.15) is 63.3 Å². The van der Waals surface area contributed by atoms with Gasteiger partial charge in [0.25, 0.3) is 17.7 Å². The summed E-state index contributed by atoms with van der Waals surface area (Å²) in [7, 11) is 0. The highest BCUT2D eigenvalue weighted by atomic mass is 35.5. The normalized spacial score (nSPS) is 25.4. The van der Waals surface area contributed by atoms with Gasteiger partial charge in [0.15, 0.2) is 5.82 Å². The van der Waals surface area contributed by atoms with Crippen LogP contribution >= 0.6 is 11.6 Å². The summed E-state index contributed by atoms with van der Waals surface area (Å²) < 4.78 is 1.79. The number of aromatic nitrogens is 3. The number of amides is 3. The lowest BCUT2D eigenvalue weighted by Gasteiger charge is -2.21. The minimum Gasteiger partial charge on any atom is -0.349 e. The van der Waals surface area contributed by atoms with E-state index in [2.05, 4.69) is 22.6 Å². The Bertz CT molecular complexity index is 1290. The Kier molecular flexibility index (Phi) is 5.21. The molecule has 2 fully saturated rings. The molecule has 6 rings (SSSR count). The molecular weight excluding hydrogens is 466 g/mol. The maximum Gasteiger partial charge on any atom is 0.267 e. The van der Waals surface area contributed by atoms with Crippen LogP contribution in [0.5, 0.6) is 0 Å². The first-order valence-corrected chi connectivity index (χ1v) is 12.3. The second-order valence-electron chi connectivity index (χ2n) is 9.57. The van der Waals surface area contributed by atoms with Crippen LogP contribution in [0.3, 0.4) is 0 Å². The number of rotatable bonds is 6. The van der Waals surface area contributed by atoms with E-state index in [4.69, 9.17) is 11.6 Å². The minimum atomic E-state index is -0.366. The van der Waals surface area contributed by atoms with Gasteiger partial charge in [-0.25, -0.2) is 9.58 Å². The second-order valence-corrected chi connectivity index (χ2v) is 10.0. The summed E-state index contributed by atoms with van der Waals surface area (Å²) in [5.41, 5.74) is 1.39. The van der Waals surface area contributed by atoms with Crippen LogP contribution < -0.4 is 10.2 Å². The van der Waals surface area contributed by atoms with Crippen LogP contribution in [0.25, 0.3) is 0 Å². The summed E-state index contributed by atoms with van der Waals surface area (Å²) in [4.78, 5) is 39.3. The fourth-order valence-electron chi connectivity index (χ4n) is 5.94. The first-order chi connectivity index (χ1) is 17.0. The Hall–Kier alpha value is -3.52. The van der Waals surface area contributed by atoms with E-state index in [1.807, 2.05) is 0 Å². The average molecular weight is 490 g/mol. The first kappa shape index (κ1) is 22.0. The van der Waals surface area contributed by atoms with Gasteiger partial charge < -0.3 is 5.32 Å². The van der Waals surface area contributed by atoms with Gasteiger partial charge in [0.05, 0.1) is 23.4 Å². The predicted octanol–water partition coefficient (Wildman–Crippen LogP) is 4.14. The summed E-state index contributed by atoms with van der Waals surface area (Å²) in [6.45, 7) is 2.10. The van der Waals surface area contributed by atoms with Crippen molar-refractivity contribution in [3.05, 3.63) is 76.4 Å². The molecule has 2 aromatic carbocycles. The quantitative estimate of drug-likeness (QED) is 0.525. The van der Waals surface area contributed by atoms with E-state index in [9.17, 15) is 14.4 Å². The van der Waals surface area contributed by atoms with Crippen LogP contribution in [-0.2, 0) is 0 Å². The van der Waals surface area contributed by atoms with Crippen molar-refractivity contribution in [2.75, 3.05) is 4.90 Å². The Labute approximate surface area is 207 Å². The molecule has 9 heteroatoms. The van der Waals surface area contributed by atoms with Gasteiger partial charge in [-0.05, 0) is 73.4 Å². The van der Waals surface area contributed by atoms with Crippen molar-refractivity contribution in [3.8, 4) is 0 Å². The van der Waals surface area contributed by atoms with Crippen molar-refractivity contribution in [2.45, 2.75) is 38.3 Å². The minimum absolute atomic E-state index is 0.0723. The third-order valence-electron chi connectivity index (χ3n) is 7.71. The Morgan fingerprint density at radius 1 is 1.06 bits per heavy atom. The van der Waals surface area contributed by atoms with E-state index in [0.717, 1.165) is 24.2 Å². The van der Waals surface area contributed by atoms with Crippen LogP contribution in [0.15, 0.2) is 54.7 Å². The van der Waals surface area contributed by atoms with Gasteiger partial charge in [-0.15, -0.1) is 5.10 Å². The number of fused-ring (bicyclic) bond motifs is 2. The Balaban J connectivity index is 1.10. The maximum absolute atomic E-state index is 12.7. The Morgan fingerprint density at radius 3 is 2.29 bits per heavy atom. The van der Waals surface area contributed by atoms with Crippen molar-refractivity contribution in [1.29, 1.82) is 0 Å². The van der Waals surface area contributed by atoms with E-state index >= 15 is 0 Å². The zero-order chi connectivity index (χ0) is 24.3. The third-order valence-corrected chi connectivity index (χ3v) is 7.96. The molecule has 2 saturated carbocycles. The van der Waals surface area contributed by atoms with E-state index < -0.39 is 0 Å². The van der Waals surface area contributed by atoms with Crippen molar-refractivity contribution in [1.82, 2.24) is 20.3 Å². The number of nitrogens with one attached hydrogen (secondary N) is 1. The topological polar surface area (TPSA) is 97.2 Å². The maximum atomic E-state index is 12.7. The van der Waals surface area contributed by atoms with Crippen molar-refractivity contribution in [3.63, 3.8) is 0 Å². The van der Waals surface area contributed by atoms with Crippen molar-refractivity contribution in [2.24, 2.45) is 17.8 Å². The molecule has 0 bridgehead atoms.